The summed E-state index contributed by atoms with van der Waals surface area (Å²) in [6.45, 7) is 6.21. The second-order valence-electron chi connectivity index (χ2n) is 4.43. The van der Waals surface area contributed by atoms with Crippen molar-refractivity contribution in [3.8, 4) is 0 Å². The molecule has 4 nitrogen and oxygen atoms in total. The fourth-order valence-corrected chi connectivity index (χ4v) is 1.88. The standard InChI is InChI=1S/C11H19N3O/c1-4-10(11-13-8(3)15-14-11)12-7(2)9-5-6-9/h7,9-10,12H,4-6H2,1-3H3. The highest BCUT2D eigenvalue weighted by Gasteiger charge is 2.30. The SMILES string of the molecule is CCC(NC(C)C1CC1)c1noc(C)n1. The molecule has 1 aromatic heterocycles. The minimum Gasteiger partial charge on any atom is -0.340 e. The number of hydrogen-bond donors (Lipinski definition) is 1. The first-order chi connectivity index (χ1) is 7.20. The first-order valence-electron chi connectivity index (χ1n) is 5.77. The van der Waals surface area contributed by atoms with E-state index in [0.29, 0.717) is 11.9 Å². The summed E-state index contributed by atoms with van der Waals surface area (Å²) in [4.78, 5) is 4.27. The first kappa shape index (κ1) is 10.6. The molecule has 2 unspecified atom stereocenters. The van der Waals surface area contributed by atoms with Crippen LogP contribution in [0.4, 0.5) is 0 Å². The average molecular weight is 209 g/mol. The van der Waals surface area contributed by atoms with E-state index < -0.39 is 0 Å². The molecule has 1 heterocycles. The second kappa shape index (κ2) is 4.31. The third-order valence-corrected chi connectivity index (χ3v) is 3.06. The van der Waals surface area contributed by atoms with Crippen LogP contribution in [0.2, 0.25) is 0 Å². The van der Waals surface area contributed by atoms with Gasteiger partial charge in [-0.05, 0) is 32.1 Å². The number of rotatable bonds is 5. The Balaban J connectivity index is 1.97. The molecule has 1 N–H and O–H groups in total. The third-order valence-electron chi connectivity index (χ3n) is 3.06. The smallest absolute Gasteiger partial charge is 0.223 e. The molecule has 84 valence electrons. The van der Waals surface area contributed by atoms with Crippen LogP contribution in [0.25, 0.3) is 0 Å². The molecule has 1 fully saturated rings. The lowest BCUT2D eigenvalue weighted by molar-refractivity contribution is 0.359. The van der Waals surface area contributed by atoms with Crippen LogP contribution in [-0.2, 0) is 0 Å². The summed E-state index contributed by atoms with van der Waals surface area (Å²) in [7, 11) is 0. The van der Waals surface area contributed by atoms with Crippen molar-refractivity contribution in [3.05, 3.63) is 11.7 Å². The molecule has 15 heavy (non-hydrogen) atoms. The van der Waals surface area contributed by atoms with E-state index in [-0.39, 0.29) is 6.04 Å². The molecule has 0 amide bonds. The van der Waals surface area contributed by atoms with Gasteiger partial charge in [0.25, 0.3) is 0 Å². The zero-order valence-corrected chi connectivity index (χ0v) is 9.66. The van der Waals surface area contributed by atoms with Crippen molar-refractivity contribution in [3.63, 3.8) is 0 Å². The van der Waals surface area contributed by atoms with Crippen molar-refractivity contribution >= 4 is 0 Å². The van der Waals surface area contributed by atoms with Gasteiger partial charge < -0.3 is 9.84 Å². The molecule has 1 aliphatic carbocycles. The van der Waals surface area contributed by atoms with E-state index in [1.165, 1.54) is 12.8 Å². The third kappa shape index (κ3) is 2.56. The van der Waals surface area contributed by atoms with E-state index in [1.807, 2.05) is 6.92 Å². The van der Waals surface area contributed by atoms with Crippen LogP contribution in [-0.4, -0.2) is 16.2 Å². The molecule has 0 radical (unpaired) electrons. The van der Waals surface area contributed by atoms with Crippen molar-refractivity contribution in [2.45, 2.75) is 52.1 Å². The molecule has 1 saturated carbocycles. The molecule has 1 aromatic rings. The Bertz CT molecular complexity index is 319. The molecule has 0 aromatic carbocycles. The van der Waals surface area contributed by atoms with Gasteiger partial charge in [0.2, 0.25) is 5.89 Å². The number of hydrogen-bond acceptors (Lipinski definition) is 4. The van der Waals surface area contributed by atoms with E-state index in [2.05, 4.69) is 29.3 Å². The van der Waals surface area contributed by atoms with Crippen LogP contribution in [0, 0.1) is 12.8 Å². The van der Waals surface area contributed by atoms with Crippen molar-refractivity contribution in [2.24, 2.45) is 5.92 Å². The van der Waals surface area contributed by atoms with Crippen molar-refractivity contribution < 1.29 is 4.52 Å². The van der Waals surface area contributed by atoms with Gasteiger partial charge in [-0.3, -0.25) is 0 Å². The average Bonchev–Trinajstić information content (AvgIpc) is 2.98. The zero-order valence-electron chi connectivity index (χ0n) is 9.66. The molecule has 0 spiro atoms. The Morgan fingerprint density at radius 2 is 2.27 bits per heavy atom. The van der Waals surface area contributed by atoms with Gasteiger partial charge in [-0.2, -0.15) is 4.98 Å². The Labute approximate surface area is 90.4 Å². The summed E-state index contributed by atoms with van der Waals surface area (Å²) in [6.07, 6.45) is 3.71. The fraction of sp³-hybridized carbons (Fsp3) is 0.818. The minimum absolute atomic E-state index is 0.234. The Kier molecular flexibility index (Phi) is 3.05. The van der Waals surface area contributed by atoms with Gasteiger partial charge in [-0.25, -0.2) is 0 Å². The van der Waals surface area contributed by atoms with Crippen LogP contribution in [0.1, 0.15) is 50.9 Å². The highest BCUT2D eigenvalue weighted by atomic mass is 16.5. The monoisotopic (exact) mass is 209 g/mol. The predicted molar refractivity (Wildman–Crippen MR) is 57.4 cm³/mol. The summed E-state index contributed by atoms with van der Waals surface area (Å²) < 4.78 is 5.00. The highest BCUT2D eigenvalue weighted by molar-refractivity contribution is 4.95. The lowest BCUT2D eigenvalue weighted by Gasteiger charge is -2.19. The fourth-order valence-electron chi connectivity index (χ4n) is 1.88. The van der Waals surface area contributed by atoms with Crippen LogP contribution < -0.4 is 5.32 Å². The number of nitrogens with zero attached hydrogens (tertiary/aromatic N) is 2. The van der Waals surface area contributed by atoms with E-state index in [1.54, 1.807) is 0 Å². The summed E-state index contributed by atoms with van der Waals surface area (Å²) in [5.41, 5.74) is 0. The van der Waals surface area contributed by atoms with Crippen LogP contribution in [0.5, 0.6) is 0 Å². The molecule has 0 aliphatic heterocycles. The topological polar surface area (TPSA) is 51.0 Å². The van der Waals surface area contributed by atoms with Gasteiger partial charge in [0.1, 0.15) is 0 Å². The Morgan fingerprint density at radius 1 is 1.53 bits per heavy atom. The molecule has 4 heteroatoms. The normalized spacial score (nSPS) is 20.2. The molecule has 0 bridgehead atoms. The number of aromatic nitrogens is 2. The van der Waals surface area contributed by atoms with E-state index >= 15 is 0 Å². The number of nitrogens with one attached hydrogen (secondary N) is 1. The first-order valence-corrected chi connectivity index (χ1v) is 5.77. The van der Waals surface area contributed by atoms with Gasteiger partial charge in [-0.15, -0.1) is 0 Å². The van der Waals surface area contributed by atoms with Crippen molar-refractivity contribution in [2.75, 3.05) is 0 Å². The molecule has 0 saturated heterocycles. The lowest BCUT2D eigenvalue weighted by Crippen LogP contribution is -2.32. The molecule has 1 aliphatic rings. The van der Waals surface area contributed by atoms with E-state index in [0.717, 1.165) is 18.2 Å². The van der Waals surface area contributed by atoms with Crippen LogP contribution >= 0.6 is 0 Å². The maximum atomic E-state index is 5.00. The van der Waals surface area contributed by atoms with Gasteiger partial charge in [0, 0.05) is 13.0 Å². The molecule has 2 rings (SSSR count). The second-order valence-corrected chi connectivity index (χ2v) is 4.43. The summed E-state index contributed by atoms with van der Waals surface area (Å²) in [6, 6.07) is 0.798. The zero-order chi connectivity index (χ0) is 10.8. The largest absolute Gasteiger partial charge is 0.340 e. The number of aryl methyl sites for hydroxylation is 1. The van der Waals surface area contributed by atoms with Crippen LogP contribution in [0.3, 0.4) is 0 Å². The van der Waals surface area contributed by atoms with E-state index in [4.69, 9.17) is 4.52 Å². The van der Waals surface area contributed by atoms with Crippen molar-refractivity contribution in [1.82, 2.24) is 15.5 Å². The predicted octanol–water partition coefficient (Wildman–Crippen LogP) is 2.22. The van der Waals surface area contributed by atoms with Gasteiger partial charge >= 0.3 is 0 Å². The van der Waals surface area contributed by atoms with Crippen LogP contribution in [0.15, 0.2) is 4.52 Å². The summed E-state index contributed by atoms with van der Waals surface area (Å²) in [5.74, 6) is 2.29. The van der Waals surface area contributed by atoms with Gasteiger partial charge in [-0.1, -0.05) is 12.1 Å². The molecular formula is C11H19N3O. The quantitative estimate of drug-likeness (QED) is 0.807. The highest BCUT2D eigenvalue weighted by Crippen LogP contribution is 2.33. The summed E-state index contributed by atoms with van der Waals surface area (Å²) >= 11 is 0. The maximum absolute atomic E-state index is 5.00. The Morgan fingerprint density at radius 3 is 2.73 bits per heavy atom. The Hall–Kier alpha value is -0.900. The van der Waals surface area contributed by atoms with Gasteiger partial charge in [0.15, 0.2) is 5.82 Å². The molecular weight excluding hydrogens is 190 g/mol. The lowest BCUT2D eigenvalue weighted by atomic mass is 10.1. The minimum atomic E-state index is 0.234. The molecule has 2 atom stereocenters. The van der Waals surface area contributed by atoms with Crippen molar-refractivity contribution in [1.29, 1.82) is 0 Å². The van der Waals surface area contributed by atoms with Gasteiger partial charge in [0.05, 0.1) is 6.04 Å². The maximum Gasteiger partial charge on any atom is 0.223 e. The van der Waals surface area contributed by atoms with E-state index in [9.17, 15) is 0 Å². The summed E-state index contributed by atoms with van der Waals surface area (Å²) in [5, 5.41) is 7.54.